The Kier molecular flexibility index (Phi) is 6.96. The van der Waals surface area contributed by atoms with Crippen LogP contribution in [0.4, 0.5) is 0 Å². The highest BCUT2D eigenvalue weighted by molar-refractivity contribution is 7.86. The van der Waals surface area contributed by atoms with Crippen LogP contribution in [-0.4, -0.2) is 14.5 Å². The van der Waals surface area contributed by atoms with Crippen molar-refractivity contribution >= 4 is 10.1 Å². The molecule has 0 N–H and O–H groups in total. The summed E-state index contributed by atoms with van der Waals surface area (Å²) in [7, 11) is -3.65. The average Bonchev–Trinajstić information content (AvgIpc) is 2.42. The first kappa shape index (κ1) is 16.9. The second-order valence-electron chi connectivity index (χ2n) is 4.97. The lowest BCUT2D eigenvalue weighted by molar-refractivity contribution is 0.190. The molecule has 0 bridgehead atoms. The van der Waals surface area contributed by atoms with E-state index in [0.717, 1.165) is 31.2 Å². The van der Waals surface area contributed by atoms with Gasteiger partial charge in [-0.15, -0.1) is 6.58 Å². The van der Waals surface area contributed by atoms with Crippen LogP contribution < -0.4 is 0 Å². The number of benzene rings is 1. The number of rotatable bonds is 9. The highest BCUT2D eigenvalue weighted by Gasteiger charge is 2.20. The van der Waals surface area contributed by atoms with Gasteiger partial charge in [0, 0.05) is 0 Å². The number of unbranched alkanes of at least 4 members (excludes halogenated alkanes) is 2. The first-order valence-corrected chi connectivity index (χ1v) is 8.51. The lowest BCUT2D eigenvalue weighted by Crippen LogP contribution is -2.18. The second-order valence-corrected chi connectivity index (χ2v) is 6.54. The fourth-order valence-corrected chi connectivity index (χ4v) is 3.09. The van der Waals surface area contributed by atoms with E-state index in [0.29, 0.717) is 6.42 Å². The smallest absolute Gasteiger partial charge is 0.263 e. The Morgan fingerprint density at radius 2 is 1.90 bits per heavy atom. The van der Waals surface area contributed by atoms with Crippen LogP contribution >= 0.6 is 0 Å². The summed E-state index contributed by atoms with van der Waals surface area (Å²) in [6.07, 6.45) is 6.02. The van der Waals surface area contributed by atoms with Gasteiger partial charge in [-0.3, -0.25) is 4.18 Å². The normalized spacial score (nSPS) is 13.1. The van der Waals surface area contributed by atoms with Crippen molar-refractivity contribution in [2.75, 3.05) is 0 Å². The van der Waals surface area contributed by atoms with Crippen molar-refractivity contribution < 1.29 is 12.6 Å². The van der Waals surface area contributed by atoms with Crippen molar-refractivity contribution in [3.8, 4) is 0 Å². The molecule has 1 aromatic carbocycles. The van der Waals surface area contributed by atoms with E-state index in [2.05, 4.69) is 6.58 Å². The van der Waals surface area contributed by atoms with E-state index in [-0.39, 0.29) is 11.0 Å². The van der Waals surface area contributed by atoms with E-state index in [1.807, 2.05) is 19.9 Å². The SMILES string of the molecule is C=CCCCCC(CC)OS(=O)(=O)c1ccc(C)cc1. The predicted molar refractivity (Wildman–Crippen MR) is 82.2 cm³/mol. The van der Waals surface area contributed by atoms with E-state index in [4.69, 9.17) is 4.18 Å². The van der Waals surface area contributed by atoms with Crippen LogP contribution in [0.1, 0.15) is 44.6 Å². The largest absolute Gasteiger partial charge is 0.297 e. The zero-order valence-corrected chi connectivity index (χ0v) is 13.2. The molecule has 4 heteroatoms. The minimum Gasteiger partial charge on any atom is -0.263 e. The average molecular weight is 296 g/mol. The monoisotopic (exact) mass is 296 g/mol. The third-order valence-electron chi connectivity index (χ3n) is 3.21. The first-order valence-electron chi connectivity index (χ1n) is 7.10. The summed E-state index contributed by atoms with van der Waals surface area (Å²) in [4.78, 5) is 0.229. The molecule has 0 amide bonds. The Bertz CT molecular complexity index is 503. The van der Waals surface area contributed by atoms with Crippen LogP contribution in [0, 0.1) is 6.92 Å². The van der Waals surface area contributed by atoms with Gasteiger partial charge in [0.05, 0.1) is 11.0 Å². The first-order chi connectivity index (χ1) is 9.49. The van der Waals surface area contributed by atoms with Crippen molar-refractivity contribution in [2.24, 2.45) is 0 Å². The van der Waals surface area contributed by atoms with Gasteiger partial charge in [-0.2, -0.15) is 8.42 Å². The van der Waals surface area contributed by atoms with Crippen molar-refractivity contribution in [1.29, 1.82) is 0 Å². The standard InChI is InChI=1S/C16H24O3S/c1-4-6-7-8-9-15(5-2)19-20(17,18)16-12-10-14(3)11-13-16/h4,10-13,15H,1,5-9H2,2-3H3. The molecule has 0 fully saturated rings. The van der Waals surface area contributed by atoms with Gasteiger partial charge < -0.3 is 0 Å². The lowest BCUT2D eigenvalue weighted by atomic mass is 10.1. The topological polar surface area (TPSA) is 43.4 Å². The maximum absolute atomic E-state index is 12.2. The molecule has 3 nitrogen and oxygen atoms in total. The molecule has 1 aromatic rings. The number of allylic oxidation sites excluding steroid dienone is 1. The Morgan fingerprint density at radius 3 is 2.45 bits per heavy atom. The number of hydrogen-bond donors (Lipinski definition) is 0. The van der Waals surface area contributed by atoms with E-state index < -0.39 is 10.1 Å². The number of hydrogen-bond acceptors (Lipinski definition) is 3. The van der Waals surface area contributed by atoms with Crippen LogP contribution in [-0.2, 0) is 14.3 Å². The van der Waals surface area contributed by atoms with Gasteiger partial charge in [0.15, 0.2) is 0 Å². The van der Waals surface area contributed by atoms with Gasteiger partial charge in [-0.05, 0) is 44.7 Å². The van der Waals surface area contributed by atoms with E-state index in [1.165, 1.54) is 0 Å². The summed E-state index contributed by atoms with van der Waals surface area (Å²) in [6, 6.07) is 6.74. The van der Waals surface area contributed by atoms with Gasteiger partial charge in [-0.1, -0.05) is 37.1 Å². The highest BCUT2D eigenvalue weighted by atomic mass is 32.2. The molecule has 0 saturated heterocycles. The van der Waals surface area contributed by atoms with Crippen LogP contribution in [0.3, 0.4) is 0 Å². The van der Waals surface area contributed by atoms with Gasteiger partial charge in [0.2, 0.25) is 0 Å². The molecule has 0 spiro atoms. The molecular weight excluding hydrogens is 272 g/mol. The van der Waals surface area contributed by atoms with Crippen LogP contribution in [0.2, 0.25) is 0 Å². The quantitative estimate of drug-likeness (QED) is 0.389. The molecule has 1 rings (SSSR count). The van der Waals surface area contributed by atoms with Crippen LogP contribution in [0.25, 0.3) is 0 Å². The fourth-order valence-electron chi connectivity index (χ4n) is 1.92. The molecule has 20 heavy (non-hydrogen) atoms. The summed E-state index contributed by atoms with van der Waals surface area (Å²) >= 11 is 0. The molecule has 0 saturated carbocycles. The van der Waals surface area contributed by atoms with Crippen LogP contribution in [0.5, 0.6) is 0 Å². The minimum atomic E-state index is -3.65. The summed E-state index contributed by atoms with van der Waals surface area (Å²) in [5.41, 5.74) is 1.03. The fraction of sp³-hybridized carbons (Fsp3) is 0.500. The zero-order valence-electron chi connectivity index (χ0n) is 12.3. The van der Waals surface area contributed by atoms with Crippen LogP contribution in [0.15, 0.2) is 41.8 Å². The van der Waals surface area contributed by atoms with Crippen molar-refractivity contribution in [3.05, 3.63) is 42.5 Å². The van der Waals surface area contributed by atoms with E-state index >= 15 is 0 Å². The van der Waals surface area contributed by atoms with Gasteiger partial charge in [0.1, 0.15) is 0 Å². The molecule has 0 aliphatic carbocycles. The maximum atomic E-state index is 12.2. The second kappa shape index (κ2) is 8.22. The Labute approximate surface area is 122 Å². The summed E-state index contributed by atoms with van der Waals surface area (Å²) in [5.74, 6) is 0. The van der Waals surface area contributed by atoms with Crippen molar-refractivity contribution in [3.63, 3.8) is 0 Å². The third kappa shape index (κ3) is 5.47. The van der Waals surface area contributed by atoms with E-state index in [1.54, 1.807) is 24.3 Å². The Morgan fingerprint density at radius 1 is 1.25 bits per heavy atom. The van der Waals surface area contributed by atoms with E-state index in [9.17, 15) is 8.42 Å². The molecule has 0 radical (unpaired) electrons. The summed E-state index contributed by atoms with van der Waals surface area (Å²) in [5, 5.41) is 0. The highest BCUT2D eigenvalue weighted by Crippen LogP contribution is 2.19. The minimum absolute atomic E-state index is 0.229. The molecule has 112 valence electrons. The zero-order chi connectivity index (χ0) is 15.0. The maximum Gasteiger partial charge on any atom is 0.297 e. The molecule has 1 unspecified atom stereocenters. The molecule has 0 aliphatic rings. The lowest BCUT2D eigenvalue weighted by Gasteiger charge is -2.15. The third-order valence-corrected chi connectivity index (χ3v) is 4.59. The van der Waals surface area contributed by atoms with Gasteiger partial charge in [0.25, 0.3) is 10.1 Å². The molecular formula is C16H24O3S. The van der Waals surface area contributed by atoms with Crippen molar-refractivity contribution in [2.45, 2.75) is 57.0 Å². The molecule has 0 aromatic heterocycles. The predicted octanol–water partition coefficient (Wildman–Crippen LogP) is 4.23. The van der Waals surface area contributed by atoms with Gasteiger partial charge >= 0.3 is 0 Å². The van der Waals surface area contributed by atoms with Gasteiger partial charge in [-0.25, -0.2) is 0 Å². The molecule has 0 aliphatic heterocycles. The molecule has 0 heterocycles. The summed E-state index contributed by atoms with van der Waals surface area (Å²) < 4.78 is 29.7. The Balaban J connectivity index is 2.62. The number of aryl methyl sites for hydroxylation is 1. The van der Waals surface area contributed by atoms with Crippen molar-refractivity contribution in [1.82, 2.24) is 0 Å². The Hall–Kier alpha value is -1.13. The molecule has 1 atom stereocenters. The summed E-state index contributed by atoms with van der Waals surface area (Å²) in [6.45, 7) is 7.55.